The third kappa shape index (κ3) is 3.61. The van der Waals surface area contributed by atoms with Crippen molar-refractivity contribution in [3.8, 4) is 5.75 Å². The lowest BCUT2D eigenvalue weighted by atomic mass is 10.3. The van der Waals surface area contributed by atoms with E-state index in [1.165, 1.54) is 0 Å². The first-order valence-corrected chi connectivity index (χ1v) is 5.36. The molecular weight excluding hydrogens is 237 g/mol. The molecule has 5 heteroatoms. The molecule has 1 amide bonds. The monoisotopic (exact) mass is 247 g/mol. The van der Waals surface area contributed by atoms with Crippen LogP contribution < -0.4 is 10.1 Å². The zero-order valence-electron chi connectivity index (χ0n) is 8.22. The molecule has 0 spiro atoms. The van der Waals surface area contributed by atoms with Gasteiger partial charge in [0.15, 0.2) is 0 Å². The topological polar surface area (TPSA) is 38.3 Å². The summed E-state index contributed by atoms with van der Waals surface area (Å²) in [5.41, 5.74) is 0.537. The van der Waals surface area contributed by atoms with Crippen LogP contribution in [0.2, 0.25) is 5.02 Å². The zero-order valence-corrected chi connectivity index (χ0v) is 9.73. The molecule has 1 aromatic rings. The SMILES string of the molecule is CCOc1ccc(Cl)cc1NC(=O)CCl. The Morgan fingerprint density at radius 1 is 1.53 bits per heavy atom. The number of hydrogen-bond donors (Lipinski definition) is 1. The highest BCUT2D eigenvalue weighted by Crippen LogP contribution is 2.27. The van der Waals surface area contributed by atoms with Crippen molar-refractivity contribution >= 4 is 34.8 Å². The van der Waals surface area contributed by atoms with Crippen LogP contribution >= 0.6 is 23.2 Å². The van der Waals surface area contributed by atoms with Gasteiger partial charge in [-0.3, -0.25) is 4.79 Å². The Kier molecular flexibility index (Phi) is 4.72. The van der Waals surface area contributed by atoms with Crippen molar-refractivity contribution in [3.63, 3.8) is 0 Å². The second-order valence-corrected chi connectivity index (χ2v) is 3.46. The predicted octanol–water partition coefficient (Wildman–Crippen LogP) is 2.92. The van der Waals surface area contributed by atoms with Crippen LogP contribution in [-0.4, -0.2) is 18.4 Å². The Morgan fingerprint density at radius 2 is 2.27 bits per heavy atom. The smallest absolute Gasteiger partial charge is 0.239 e. The molecule has 0 aliphatic heterocycles. The third-order valence-electron chi connectivity index (χ3n) is 1.64. The summed E-state index contributed by atoms with van der Waals surface area (Å²) in [4.78, 5) is 11.1. The second kappa shape index (κ2) is 5.83. The van der Waals surface area contributed by atoms with E-state index in [1.54, 1.807) is 18.2 Å². The van der Waals surface area contributed by atoms with Gasteiger partial charge in [0.2, 0.25) is 5.91 Å². The number of alkyl halides is 1. The highest BCUT2D eigenvalue weighted by Gasteiger charge is 2.07. The van der Waals surface area contributed by atoms with Crippen LogP contribution in [-0.2, 0) is 4.79 Å². The Balaban J connectivity index is 2.91. The average Bonchev–Trinajstić information content (AvgIpc) is 2.22. The van der Waals surface area contributed by atoms with Crippen LogP contribution in [0.15, 0.2) is 18.2 Å². The van der Waals surface area contributed by atoms with Crippen LogP contribution in [0, 0.1) is 0 Å². The van der Waals surface area contributed by atoms with Crippen LogP contribution in [0.3, 0.4) is 0 Å². The number of ether oxygens (including phenoxy) is 1. The second-order valence-electron chi connectivity index (χ2n) is 2.76. The maximum Gasteiger partial charge on any atom is 0.239 e. The number of carbonyl (C=O) groups excluding carboxylic acids is 1. The molecule has 0 aliphatic carbocycles. The van der Waals surface area contributed by atoms with Crippen LogP contribution in [0.1, 0.15) is 6.92 Å². The molecule has 82 valence electrons. The summed E-state index contributed by atoms with van der Waals surface area (Å²) in [6, 6.07) is 5.02. The van der Waals surface area contributed by atoms with Crippen molar-refractivity contribution < 1.29 is 9.53 Å². The number of anilines is 1. The maximum absolute atomic E-state index is 11.1. The number of benzene rings is 1. The minimum Gasteiger partial charge on any atom is -0.492 e. The molecular formula is C10H11Cl2NO2. The normalized spacial score (nSPS) is 9.80. The quantitative estimate of drug-likeness (QED) is 0.832. The minimum atomic E-state index is -0.292. The van der Waals surface area contributed by atoms with E-state index in [-0.39, 0.29) is 11.8 Å². The standard InChI is InChI=1S/C10H11Cl2NO2/c1-2-15-9-4-3-7(12)5-8(9)13-10(14)6-11/h3-5H,2,6H2,1H3,(H,13,14). The highest BCUT2D eigenvalue weighted by molar-refractivity contribution is 6.31. The number of amides is 1. The predicted molar refractivity (Wildman–Crippen MR) is 62.0 cm³/mol. The molecule has 0 saturated carbocycles. The number of nitrogens with one attached hydrogen (secondary N) is 1. The summed E-state index contributed by atoms with van der Waals surface area (Å²) in [6.45, 7) is 2.38. The Bertz CT molecular complexity index is 355. The van der Waals surface area contributed by atoms with Gasteiger partial charge in [0.1, 0.15) is 11.6 Å². The first-order valence-electron chi connectivity index (χ1n) is 4.45. The van der Waals surface area contributed by atoms with Gasteiger partial charge in [-0.2, -0.15) is 0 Å². The number of carbonyl (C=O) groups is 1. The molecule has 0 aliphatic rings. The fourth-order valence-corrected chi connectivity index (χ4v) is 1.30. The lowest BCUT2D eigenvalue weighted by Gasteiger charge is -2.10. The molecule has 1 aromatic carbocycles. The van der Waals surface area contributed by atoms with Crippen molar-refractivity contribution in [3.05, 3.63) is 23.2 Å². The molecule has 0 unspecified atom stereocenters. The summed E-state index contributed by atoms with van der Waals surface area (Å²) in [5, 5.41) is 3.14. The van der Waals surface area contributed by atoms with Gasteiger partial charge in [0.05, 0.1) is 12.3 Å². The van der Waals surface area contributed by atoms with Gasteiger partial charge >= 0.3 is 0 Å². The van der Waals surface area contributed by atoms with Gasteiger partial charge in [-0.1, -0.05) is 11.6 Å². The van der Waals surface area contributed by atoms with Crippen molar-refractivity contribution in [1.82, 2.24) is 0 Å². The van der Waals surface area contributed by atoms with Gasteiger partial charge < -0.3 is 10.1 Å². The number of halogens is 2. The molecule has 1 N–H and O–H groups in total. The lowest BCUT2D eigenvalue weighted by molar-refractivity contribution is -0.113. The molecule has 3 nitrogen and oxygen atoms in total. The molecule has 0 saturated heterocycles. The molecule has 1 rings (SSSR count). The molecule has 0 aromatic heterocycles. The van der Waals surface area contributed by atoms with Crippen LogP contribution in [0.25, 0.3) is 0 Å². The van der Waals surface area contributed by atoms with E-state index in [0.717, 1.165) is 0 Å². The summed E-state index contributed by atoms with van der Waals surface area (Å²) in [7, 11) is 0. The van der Waals surface area contributed by atoms with E-state index in [0.29, 0.717) is 23.1 Å². The first-order chi connectivity index (χ1) is 7.17. The van der Waals surface area contributed by atoms with Crippen LogP contribution in [0.4, 0.5) is 5.69 Å². The number of rotatable bonds is 4. The van der Waals surface area contributed by atoms with Crippen molar-refractivity contribution in [2.24, 2.45) is 0 Å². The molecule has 15 heavy (non-hydrogen) atoms. The summed E-state index contributed by atoms with van der Waals surface area (Å²) >= 11 is 11.2. The van der Waals surface area contributed by atoms with Gasteiger partial charge in [0, 0.05) is 5.02 Å². The molecule has 0 fully saturated rings. The van der Waals surface area contributed by atoms with Crippen LogP contribution in [0.5, 0.6) is 5.75 Å². The van der Waals surface area contributed by atoms with Gasteiger partial charge in [0.25, 0.3) is 0 Å². The number of hydrogen-bond acceptors (Lipinski definition) is 2. The Morgan fingerprint density at radius 3 is 2.87 bits per heavy atom. The van der Waals surface area contributed by atoms with E-state index < -0.39 is 0 Å². The highest BCUT2D eigenvalue weighted by atomic mass is 35.5. The fourth-order valence-electron chi connectivity index (χ4n) is 1.06. The summed E-state index contributed by atoms with van der Waals surface area (Å²) in [6.07, 6.45) is 0. The summed E-state index contributed by atoms with van der Waals surface area (Å²) < 4.78 is 5.32. The summed E-state index contributed by atoms with van der Waals surface area (Å²) in [5.74, 6) is 0.193. The molecule has 0 atom stereocenters. The van der Waals surface area contributed by atoms with E-state index in [2.05, 4.69) is 5.32 Å². The molecule has 0 bridgehead atoms. The molecule has 0 heterocycles. The zero-order chi connectivity index (χ0) is 11.3. The van der Waals surface area contributed by atoms with Crippen molar-refractivity contribution in [2.45, 2.75) is 6.92 Å². The van der Waals surface area contributed by atoms with E-state index in [4.69, 9.17) is 27.9 Å². The van der Waals surface area contributed by atoms with Crippen molar-refractivity contribution in [2.75, 3.05) is 17.8 Å². The fraction of sp³-hybridized carbons (Fsp3) is 0.300. The largest absolute Gasteiger partial charge is 0.492 e. The van der Waals surface area contributed by atoms with Gasteiger partial charge in [-0.25, -0.2) is 0 Å². The average molecular weight is 248 g/mol. The minimum absolute atomic E-state index is 0.0991. The maximum atomic E-state index is 11.1. The van der Waals surface area contributed by atoms with E-state index >= 15 is 0 Å². The Hall–Kier alpha value is -0.930. The lowest BCUT2D eigenvalue weighted by Crippen LogP contribution is -2.13. The third-order valence-corrected chi connectivity index (χ3v) is 2.11. The van der Waals surface area contributed by atoms with E-state index in [1.807, 2.05) is 6.92 Å². The Labute approximate surface area is 98.3 Å². The first kappa shape index (κ1) is 12.1. The van der Waals surface area contributed by atoms with E-state index in [9.17, 15) is 4.79 Å². The van der Waals surface area contributed by atoms with Crippen molar-refractivity contribution in [1.29, 1.82) is 0 Å². The molecule has 0 radical (unpaired) electrons. The van der Waals surface area contributed by atoms with Gasteiger partial charge in [-0.15, -0.1) is 11.6 Å². The van der Waals surface area contributed by atoms with Gasteiger partial charge in [-0.05, 0) is 25.1 Å².